The molecular formula is C23H25Cl2NO4. The second-order valence-electron chi connectivity index (χ2n) is 7.53. The summed E-state index contributed by atoms with van der Waals surface area (Å²) in [4.78, 5) is 39.5. The zero-order valence-electron chi connectivity index (χ0n) is 17.4. The minimum atomic E-state index is -1.16. The first-order valence-corrected chi connectivity index (χ1v) is 10.2. The highest BCUT2D eigenvalue weighted by atomic mass is 35.5. The molecule has 5 nitrogen and oxygen atoms in total. The first kappa shape index (κ1) is 23.9. The van der Waals surface area contributed by atoms with Gasteiger partial charge >= 0.3 is 5.97 Å². The number of rotatable bonds is 8. The largest absolute Gasteiger partial charge is 0.468 e. The van der Waals surface area contributed by atoms with Gasteiger partial charge in [0.05, 0.1) is 12.6 Å². The van der Waals surface area contributed by atoms with Gasteiger partial charge in [0.2, 0.25) is 5.91 Å². The number of hydrogen-bond donors (Lipinski definition) is 0. The number of benzene rings is 2. The van der Waals surface area contributed by atoms with Crippen molar-refractivity contribution in [3.8, 4) is 0 Å². The standard InChI is InChI=1S/C23H25Cl2NO4/c1-15(27)10-11-26(23(2,3)17-12-18(24)14-19(25)13-17)21(28)20(22(29)30-4)16-8-6-5-7-9-16/h5-9,12-14,20H,10-11H2,1-4H3. The van der Waals surface area contributed by atoms with E-state index in [1.165, 1.54) is 18.9 Å². The van der Waals surface area contributed by atoms with Crippen LogP contribution < -0.4 is 0 Å². The second kappa shape index (κ2) is 10.1. The van der Waals surface area contributed by atoms with E-state index in [-0.39, 0.29) is 18.7 Å². The number of ketones is 1. The molecule has 0 bridgehead atoms. The third-order valence-electron chi connectivity index (χ3n) is 5.01. The Bertz CT molecular complexity index is 908. The molecule has 0 saturated heterocycles. The number of methoxy groups -OCH3 is 1. The number of nitrogens with zero attached hydrogens (tertiary/aromatic N) is 1. The summed E-state index contributed by atoms with van der Waals surface area (Å²) in [6.07, 6.45) is 0.145. The van der Waals surface area contributed by atoms with E-state index in [4.69, 9.17) is 27.9 Å². The summed E-state index contributed by atoms with van der Waals surface area (Å²) in [6.45, 7) is 5.24. The lowest BCUT2D eigenvalue weighted by molar-refractivity contribution is -0.152. The van der Waals surface area contributed by atoms with E-state index in [1.807, 2.05) is 13.8 Å². The first-order valence-electron chi connectivity index (χ1n) is 9.48. The van der Waals surface area contributed by atoms with Crippen LogP contribution in [0.4, 0.5) is 0 Å². The fourth-order valence-corrected chi connectivity index (χ4v) is 3.82. The van der Waals surface area contributed by atoms with Crippen molar-refractivity contribution >= 4 is 40.9 Å². The van der Waals surface area contributed by atoms with E-state index in [9.17, 15) is 14.4 Å². The van der Waals surface area contributed by atoms with Gasteiger partial charge in [-0.2, -0.15) is 0 Å². The van der Waals surface area contributed by atoms with Gasteiger partial charge in [-0.1, -0.05) is 53.5 Å². The van der Waals surface area contributed by atoms with E-state index in [0.717, 1.165) is 0 Å². The number of ether oxygens (including phenoxy) is 1. The summed E-state index contributed by atoms with van der Waals surface area (Å²) in [5.74, 6) is -2.35. The first-order chi connectivity index (χ1) is 14.1. The minimum absolute atomic E-state index is 0.0675. The van der Waals surface area contributed by atoms with Crippen molar-refractivity contribution in [3.05, 3.63) is 69.7 Å². The van der Waals surface area contributed by atoms with Crippen molar-refractivity contribution in [2.45, 2.75) is 38.6 Å². The molecule has 2 aromatic rings. The molecule has 2 rings (SSSR count). The molecule has 0 aromatic heterocycles. The summed E-state index contributed by atoms with van der Waals surface area (Å²) in [7, 11) is 1.24. The fourth-order valence-electron chi connectivity index (χ4n) is 3.30. The van der Waals surface area contributed by atoms with Gasteiger partial charge in [-0.3, -0.25) is 14.4 Å². The third kappa shape index (κ3) is 5.61. The minimum Gasteiger partial charge on any atom is -0.468 e. The Morgan fingerprint density at radius 2 is 1.60 bits per heavy atom. The molecule has 0 aliphatic carbocycles. The highest BCUT2D eigenvalue weighted by Gasteiger charge is 2.40. The molecule has 1 amide bonds. The van der Waals surface area contributed by atoms with Gasteiger partial charge < -0.3 is 9.64 Å². The Labute approximate surface area is 186 Å². The van der Waals surface area contributed by atoms with Crippen LogP contribution in [-0.4, -0.2) is 36.2 Å². The maximum atomic E-state index is 13.7. The Morgan fingerprint density at radius 3 is 2.10 bits per heavy atom. The second-order valence-corrected chi connectivity index (χ2v) is 8.40. The zero-order valence-corrected chi connectivity index (χ0v) is 19.0. The normalized spacial score (nSPS) is 12.2. The lowest BCUT2D eigenvalue weighted by Gasteiger charge is -2.40. The van der Waals surface area contributed by atoms with Gasteiger partial charge in [-0.05, 0) is 50.1 Å². The van der Waals surface area contributed by atoms with Gasteiger partial charge in [0, 0.05) is 23.0 Å². The predicted molar refractivity (Wildman–Crippen MR) is 118 cm³/mol. The molecule has 0 N–H and O–H groups in total. The number of hydrogen-bond acceptors (Lipinski definition) is 4. The van der Waals surface area contributed by atoms with E-state index in [0.29, 0.717) is 21.2 Å². The van der Waals surface area contributed by atoms with Crippen molar-refractivity contribution in [3.63, 3.8) is 0 Å². The van der Waals surface area contributed by atoms with Crippen LogP contribution in [0, 0.1) is 0 Å². The molecule has 30 heavy (non-hydrogen) atoms. The highest BCUT2D eigenvalue weighted by Crippen LogP contribution is 2.35. The lowest BCUT2D eigenvalue weighted by atomic mass is 9.88. The zero-order chi connectivity index (χ0) is 22.5. The SMILES string of the molecule is COC(=O)C(C(=O)N(CCC(C)=O)C(C)(C)c1cc(Cl)cc(Cl)c1)c1ccccc1. The van der Waals surface area contributed by atoms with E-state index >= 15 is 0 Å². The number of esters is 1. The van der Waals surface area contributed by atoms with Crippen LogP contribution in [0.1, 0.15) is 44.2 Å². The van der Waals surface area contributed by atoms with Gasteiger partial charge in [0.15, 0.2) is 5.92 Å². The number of carbonyl (C=O) groups excluding carboxylic acids is 3. The molecule has 0 heterocycles. The average molecular weight is 450 g/mol. The van der Waals surface area contributed by atoms with Crippen molar-refractivity contribution in [2.24, 2.45) is 0 Å². The molecule has 0 saturated carbocycles. The Kier molecular flexibility index (Phi) is 8.04. The topological polar surface area (TPSA) is 63.7 Å². The van der Waals surface area contributed by atoms with Crippen LogP contribution in [0.2, 0.25) is 10.0 Å². The molecule has 0 spiro atoms. The van der Waals surface area contributed by atoms with Gasteiger partial charge in [-0.25, -0.2) is 0 Å². The fraction of sp³-hybridized carbons (Fsp3) is 0.348. The van der Waals surface area contributed by atoms with Crippen molar-refractivity contribution in [1.29, 1.82) is 0 Å². The Morgan fingerprint density at radius 1 is 1.03 bits per heavy atom. The van der Waals surface area contributed by atoms with Crippen molar-refractivity contribution in [1.82, 2.24) is 4.90 Å². The van der Waals surface area contributed by atoms with Crippen LogP contribution in [0.25, 0.3) is 0 Å². The molecule has 0 aliphatic heterocycles. The average Bonchev–Trinajstić information content (AvgIpc) is 2.67. The molecule has 0 radical (unpaired) electrons. The van der Waals surface area contributed by atoms with Crippen LogP contribution in [0.5, 0.6) is 0 Å². The summed E-state index contributed by atoms with van der Waals surface area (Å²) in [5.41, 5.74) is 0.304. The Hall–Kier alpha value is -2.37. The molecular weight excluding hydrogens is 425 g/mol. The third-order valence-corrected chi connectivity index (χ3v) is 5.45. The predicted octanol–water partition coefficient (Wildman–Crippen LogP) is 4.99. The van der Waals surface area contributed by atoms with Gasteiger partial charge in [0.25, 0.3) is 0 Å². The molecule has 1 atom stereocenters. The summed E-state index contributed by atoms with van der Waals surface area (Å²) < 4.78 is 4.92. The summed E-state index contributed by atoms with van der Waals surface area (Å²) >= 11 is 12.4. The maximum Gasteiger partial charge on any atom is 0.322 e. The lowest BCUT2D eigenvalue weighted by Crippen LogP contribution is -2.49. The molecule has 0 fully saturated rings. The molecule has 160 valence electrons. The quantitative estimate of drug-likeness (QED) is 0.420. The van der Waals surface area contributed by atoms with Crippen LogP contribution in [0.3, 0.4) is 0 Å². The van der Waals surface area contributed by atoms with Crippen LogP contribution >= 0.6 is 23.2 Å². The van der Waals surface area contributed by atoms with Crippen molar-refractivity contribution < 1.29 is 19.1 Å². The smallest absolute Gasteiger partial charge is 0.322 e. The summed E-state index contributed by atoms with van der Waals surface area (Å²) in [6, 6.07) is 13.7. The number of Topliss-reactive ketones (excluding diaryl/α,β-unsaturated/α-hetero) is 1. The number of halogens is 2. The molecule has 2 aromatic carbocycles. The Balaban J connectivity index is 2.56. The molecule has 0 aliphatic rings. The van der Waals surface area contributed by atoms with Gasteiger partial charge in [-0.15, -0.1) is 0 Å². The number of carbonyl (C=O) groups is 3. The highest BCUT2D eigenvalue weighted by molar-refractivity contribution is 6.34. The number of amides is 1. The monoisotopic (exact) mass is 449 g/mol. The van der Waals surface area contributed by atoms with Gasteiger partial charge in [0.1, 0.15) is 5.78 Å². The maximum absolute atomic E-state index is 13.7. The van der Waals surface area contributed by atoms with Crippen LogP contribution in [0.15, 0.2) is 48.5 Å². The van der Waals surface area contributed by atoms with E-state index in [2.05, 4.69) is 0 Å². The van der Waals surface area contributed by atoms with E-state index in [1.54, 1.807) is 48.5 Å². The molecule has 7 heteroatoms. The van der Waals surface area contributed by atoms with Crippen molar-refractivity contribution in [2.75, 3.05) is 13.7 Å². The summed E-state index contributed by atoms with van der Waals surface area (Å²) in [5, 5.41) is 0.856. The molecule has 1 unspecified atom stereocenters. The van der Waals surface area contributed by atoms with E-state index < -0.39 is 23.3 Å². The van der Waals surface area contributed by atoms with Crippen LogP contribution in [-0.2, 0) is 24.7 Å².